The van der Waals surface area contributed by atoms with Crippen LogP contribution < -0.4 is 4.90 Å². The van der Waals surface area contributed by atoms with Crippen LogP contribution in [-0.4, -0.2) is 21.5 Å². The highest BCUT2D eigenvalue weighted by molar-refractivity contribution is 6.32. The number of carbonyl (C=O) groups is 1. The molecular formula is C13H14ClN3O2. The van der Waals surface area contributed by atoms with E-state index in [0.29, 0.717) is 11.8 Å². The summed E-state index contributed by atoms with van der Waals surface area (Å²) in [6.07, 6.45) is 0. The summed E-state index contributed by atoms with van der Waals surface area (Å²) in [5.41, 5.74) is 0.746. The maximum absolute atomic E-state index is 12.2. The first-order valence-electron chi connectivity index (χ1n) is 5.87. The third-order valence-electron chi connectivity index (χ3n) is 2.54. The van der Waals surface area contributed by atoms with Crippen LogP contribution in [0.15, 0.2) is 34.7 Å². The van der Waals surface area contributed by atoms with Gasteiger partial charge in [-0.05, 0) is 19.1 Å². The smallest absolute Gasteiger partial charge is 0.245 e. The summed E-state index contributed by atoms with van der Waals surface area (Å²) in [7, 11) is 0. The standard InChI is InChI=1S/C13H14ClN3O2/c1-9(14)13(18)17(11-6-4-3-5-7-11)8-12-16-15-10(2)19-12/h3-7,9H,8H2,1-2H3. The van der Waals surface area contributed by atoms with Gasteiger partial charge in [0.25, 0.3) is 0 Å². The van der Waals surface area contributed by atoms with Crippen LogP contribution in [0.3, 0.4) is 0 Å². The quantitative estimate of drug-likeness (QED) is 0.807. The van der Waals surface area contributed by atoms with E-state index < -0.39 is 5.38 Å². The van der Waals surface area contributed by atoms with Crippen LogP contribution >= 0.6 is 11.6 Å². The van der Waals surface area contributed by atoms with E-state index in [9.17, 15) is 4.79 Å². The molecule has 19 heavy (non-hydrogen) atoms. The van der Waals surface area contributed by atoms with Gasteiger partial charge in [-0.2, -0.15) is 0 Å². The third kappa shape index (κ3) is 3.32. The third-order valence-corrected chi connectivity index (χ3v) is 2.72. The number of anilines is 1. The van der Waals surface area contributed by atoms with Gasteiger partial charge in [0.1, 0.15) is 11.9 Å². The van der Waals surface area contributed by atoms with Crippen LogP contribution in [0.1, 0.15) is 18.7 Å². The molecule has 1 atom stereocenters. The number of rotatable bonds is 4. The Balaban J connectivity index is 2.27. The van der Waals surface area contributed by atoms with Crippen LogP contribution in [0, 0.1) is 6.92 Å². The molecule has 1 aromatic carbocycles. The summed E-state index contributed by atoms with van der Waals surface area (Å²) in [6.45, 7) is 3.55. The zero-order valence-corrected chi connectivity index (χ0v) is 11.5. The van der Waals surface area contributed by atoms with Crippen LogP contribution in [-0.2, 0) is 11.3 Å². The Labute approximate surface area is 116 Å². The number of nitrogens with zero attached hydrogens (tertiary/aromatic N) is 3. The van der Waals surface area contributed by atoms with Gasteiger partial charge in [-0.1, -0.05) is 18.2 Å². The molecule has 100 valence electrons. The fourth-order valence-electron chi connectivity index (χ4n) is 1.66. The van der Waals surface area contributed by atoms with Gasteiger partial charge >= 0.3 is 0 Å². The van der Waals surface area contributed by atoms with Crippen molar-refractivity contribution in [2.24, 2.45) is 0 Å². The number of aromatic nitrogens is 2. The molecule has 1 aromatic heterocycles. The fraction of sp³-hybridized carbons (Fsp3) is 0.308. The number of benzene rings is 1. The molecule has 0 fully saturated rings. The SMILES string of the molecule is Cc1nnc(CN(C(=O)C(C)Cl)c2ccccc2)o1. The van der Waals surface area contributed by atoms with E-state index in [2.05, 4.69) is 10.2 Å². The van der Waals surface area contributed by atoms with E-state index >= 15 is 0 Å². The molecule has 5 nitrogen and oxygen atoms in total. The molecule has 0 bridgehead atoms. The monoisotopic (exact) mass is 279 g/mol. The minimum atomic E-state index is -0.621. The minimum absolute atomic E-state index is 0.205. The maximum atomic E-state index is 12.2. The van der Waals surface area contributed by atoms with E-state index in [0.717, 1.165) is 5.69 Å². The van der Waals surface area contributed by atoms with Crippen LogP contribution in [0.25, 0.3) is 0 Å². The van der Waals surface area contributed by atoms with Crippen molar-refractivity contribution in [2.45, 2.75) is 25.8 Å². The lowest BCUT2D eigenvalue weighted by molar-refractivity contribution is -0.118. The number of para-hydroxylation sites is 1. The van der Waals surface area contributed by atoms with Gasteiger partial charge in [-0.25, -0.2) is 0 Å². The summed E-state index contributed by atoms with van der Waals surface area (Å²) >= 11 is 5.89. The second-order valence-corrected chi connectivity index (χ2v) is 4.75. The lowest BCUT2D eigenvalue weighted by Crippen LogP contribution is -2.35. The summed E-state index contributed by atoms with van der Waals surface area (Å²) < 4.78 is 5.31. The Morgan fingerprint density at radius 1 is 1.37 bits per heavy atom. The molecule has 0 radical (unpaired) electrons. The molecule has 6 heteroatoms. The zero-order valence-electron chi connectivity index (χ0n) is 10.7. The predicted octanol–water partition coefficient (Wildman–Crippen LogP) is 2.54. The molecule has 0 spiro atoms. The van der Waals surface area contributed by atoms with Gasteiger partial charge in [0.05, 0.1) is 0 Å². The van der Waals surface area contributed by atoms with Crippen molar-refractivity contribution in [1.82, 2.24) is 10.2 Å². The maximum Gasteiger partial charge on any atom is 0.245 e. The van der Waals surface area contributed by atoms with Gasteiger partial charge in [0.2, 0.25) is 17.7 Å². The Kier molecular flexibility index (Phi) is 4.16. The first kappa shape index (κ1) is 13.5. The van der Waals surface area contributed by atoms with E-state index in [4.69, 9.17) is 16.0 Å². The predicted molar refractivity (Wildman–Crippen MR) is 72.0 cm³/mol. The molecule has 2 aromatic rings. The fourth-order valence-corrected chi connectivity index (χ4v) is 1.77. The highest BCUT2D eigenvalue weighted by Gasteiger charge is 2.22. The Bertz CT molecular complexity index is 554. The average molecular weight is 280 g/mol. The lowest BCUT2D eigenvalue weighted by Gasteiger charge is -2.22. The van der Waals surface area contributed by atoms with Crippen molar-refractivity contribution >= 4 is 23.2 Å². The molecule has 2 rings (SSSR count). The number of carbonyl (C=O) groups excluding carboxylic acids is 1. The van der Waals surface area contributed by atoms with Crippen LogP contribution in [0.4, 0.5) is 5.69 Å². The Morgan fingerprint density at radius 2 is 2.05 bits per heavy atom. The average Bonchev–Trinajstić information content (AvgIpc) is 2.81. The highest BCUT2D eigenvalue weighted by atomic mass is 35.5. The molecule has 1 amide bonds. The minimum Gasteiger partial charge on any atom is -0.424 e. The summed E-state index contributed by atoms with van der Waals surface area (Å²) in [4.78, 5) is 13.7. The molecule has 0 aliphatic carbocycles. The Morgan fingerprint density at radius 3 is 2.58 bits per heavy atom. The number of hydrogen-bond acceptors (Lipinski definition) is 4. The first-order chi connectivity index (χ1) is 9.08. The summed E-state index contributed by atoms with van der Waals surface area (Å²) in [5, 5.41) is 7.03. The lowest BCUT2D eigenvalue weighted by atomic mass is 10.2. The molecule has 0 N–H and O–H groups in total. The molecule has 0 aliphatic rings. The molecule has 1 heterocycles. The first-order valence-corrected chi connectivity index (χ1v) is 6.31. The van der Waals surface area contributed by atoms with Crippen molar-refractivity contribution in [3.63, 3.8) is 0 Å². The van der Waals surface area contributed by atoms with Gasteiger partial charge in [-0.3, -0.25) is 4.79 Å². The van der Waals surface area contributed by atoms with Crippen molar-refractivity contribution < 1.29 is 9.21 Å². The second-order valence-electron chi connectivity index (χ2n) is 4.09. The summed E-state index contributed by atoms with van der Waals surface area (Å²) in [6, 6.07) is 9.26. The van der Waals surface area contributed by atoms with E-state index in [1.54, 1.807) is 13.8 Å². The molecular weight excluding hydrogens is 266 g/mol. The number of halogens is 1. The van der Waals surface area contributed by atoms with E-state index in [1.807, 2.05) is 30.3 Å². The van der Waals surface area contributed by atoms with Gasteiger partial charge in [0, 0.05) is 12.6 Å². The van der Waals surface area contributed by atoms with Gasteiger partial charge in [-0.15, -0.1) is 21.8 Å². The topological polar surface area (TPSA) is 59.2 Å². The number of aryl methyl sites for hydroxylation is 1. The van der Waals surface area contributed by atoms with Crippen molar-refractivity contribution in [2.75, 3.05) is 4.90 Å². The molecule has 0 aliphatic heterocycles. The molecule has 1 unspecified atom stereocenters. The Hall–Kier alpha value is -1.88. The largest absolute Gasteiger partial charge is 0.424 e. The van der Waals surface area contributed by atoms with Crippen LogP contribution in [0.2, 0.25) is 0 Å². The number of hydrogen-bond donors (Lipinski definition) is 0. The van der Waals surface area contributed by atoms with E-state index in [1.165, 1.54) is 4.90 Å². The molecule has 0 saturated heterocycles. The number of alkyl halides is 1. The molecule has 0 saturated carbocycles. The van der Waals surface area contributed by atoms with Gasteiger partial charge in [0.15, 0.2) is 0 Å². The zero-order chi connectivity index (χ0) is 13.8. The summed E-state index contributed by atoms with van der Waals surface area (Å²) in [5.74, 6) is 0.644. The highest BCUT2D eigenvalue weighted by Crippen LogP contribution is 2.18. The second kappa shape index (κ2) is 5.84. The van der Waals surface area contributed by atoms with E-state index in [-0.39, 0.29) is 12.5 Å². The number of amides is 1. The van der Waals surface area contributed by atoms with Gasteiger partial charge < -0.3 is 9.32 Å². The normalized spacial score (nSPS) is 12.2. The van der Waals surface area contributed by atoms with Crippen molar-refractivity contribution in [1.29, 1.82) is 0 Å². The van der Waals surface area contributed by atoms with Crippen molar-refractivity contribution in [3.05, 3.63) is 42.1 Å². The van der Waals surface area contributed by atoms with Crippen molar-refractivity contribution in [3.8, 4) is 0 Å². The van der Waals surface area contributed by atoms with Crippen LogP contribution in [0.5, 0.6) is 0 Å².